The highest BCUT2D eigenvalue weighted by Crippen LogP contribution is 2.35. The zero-order valence-corrected chi connectivity index (χ0v) is 9.97. The van der Waals surface area contributed by atoms with Crippen LogP contribution in [0.4, 0.5) is 5.95 Å². The van der Waals surface area contributed by atoms with Gasteiger partial charge < -0.3 is 15.7 Å². The molecule has 0 atom stereocenters. The molecule has 0 fully saturated rings. The van der Waals surface area contributed by atoms with E-state index in [9.17, 15) is 0 Å². The number of fused-ring (bicyclic) bond motifs is 1. The van der Waals surface area contributed by atoms with E-state index in [2.05, 4.69) is 15.0 Å². The van der Waals surface area contributed by atoms with Gasteiger partial charge in [0.2, 0.25) is 0 Å². The van der Waals surface area contributed by atoms with E-state index in [1.165, 1.54) is 0 Å². The predicted octanol–water partition coefficient (Wildman–Crippen LogP) is 3.10. The van der Waals surface area contributed by atoms with Crippen LogP contribution in [0.5, 0.6) is 0 Å². The maximum atomic E-state index is 6.10. The number of anilines is 1. The molecule has 86 valence electrons. The van der Waals surface area contributed by atoms with E-state index < -0.39 is 0 Å². The quantitative estimate of drug-likeness (QED) is 0.617. The molecule has 3 aromatic rings. The van der Waals surface area contributed by atoms with Crippen molar-refractivity contribution in [2.24, 2.45) is 0 Å². The fourth-order valence-electron chi connectivity index (χ4n) is 2.12. The minimum atomic E-state index is 0.328. The van der Waals surface area contributed by atoms with Gasteiger partial charge in [0.05, 0.1) is 0 Å². The third-order valence-corrected chi connectivity index (χ3v) is 3.08. The van der Waals surface area contributed by atoms with Crippen molar-refractivity contribution in [2.75, 3.05) is 5.73 Å². The van der Waals surface area contributed by atoms with E-state index in [1.807, 2.05) is 31.2 Å². The second kappa shape index (κ2) is 3.53. The van der Waals surface area contributed by atoms with E-state index in [1.54, 1.807) is 0 Å². The van der Waals surface area contributed by atoms with Gasteiger partial charge in [-0.3, -0.25) is 0 Å². The largest absolute Gasteiger partial charge is 0.369 e. The minimum absolute atomic E-state index is 0.328. The Labute approximate surface area is 103 Å². The summed E-state index contributed by atoms with van der Waals surface area (Å²) >= 11 is 6.10. The van der Waals surface area contributed by atoms with Crippen LogP contribution >= 0.6 is 11.6 Å². The van der Waals surface area contributed by atoms with Crippen LogP contribution < -0.4 is 5.73 Å². The van der Waals surface area contributed by atoms with E-state index in [4.69, 9.17) is 17.3 Å². The fourth-order valence-corrected chi connectivity index (χ4v) is 2.35. The summed E-state index contributed by atoms with van der Waals surface area (Å²) in [5.74, 6) is 0.328. The van der Waals surface area contributed by atoms with Gasteiger partial charge in [0.15, 0.2) is 5.95 Å². The second-order valence-electron chi connectivity index (χ2n) is 3.96. The number of para-hydroxylation sites is 1. The second-order valence-corrected chi connectivity index (χ2v) is 4.33. The topological polar surface area (TPSA) is 70.5 Å². The lowest BCUT2D eigenvalue weighted by molar-refractivity contribution is 1.28. The van der Waals surface area contributed by atoms with Crippen LogP contribution in [0.15, 0.2) is 24.3 Å². The molecule has 0 bridgehead atoms. The molecule has 0 aliphatic carbocycles. The molecule has 5 heteroatoms. The van der Waals surface area contributed by atoms with Crippen LogP contribution in [0.1, 0.15) is 5.69 Å². The molecule has 2 aromatic heterocycles. The lowest BCUT2D eigenvalue weighted by Crippen LogP contribution is -1.86. The molecule has 1 aromatic carbocycles. The number of aromatic amines is 2. The summed E-state index contributed by atoms with van der Waals surface area (Å²) in [6.07, 6.45) is 0. The Balaban J connectivity index is 2.37. The summed E-state index contributed by atoms with van der Waals surface area (Å²) in [4.78, 5) is 10.3. The normalized spacial score (nSPS) is 11.2. The Morgan fingerprint density at radius 3 is 2.71 bits per heavy atom. The molecule has 0 saturated carbocycles. The number of aromatic nitrogens is 3. The van der Waals surface area contributed by atoms with Crippen LogP contribution in [0, 0.1) is 6.92 Å². The number of nitrogen functional groups attached to an aromatic ring is 1. The maximum Gasteiger partial charge on any atom is 0.199 e. The van der Waals surface area contributed by atoms with Gasteiger partial charge in [-0.1, -0.05) is 29.8 Å². The smallest absolute Gasteiger partial charge is 0.199 e. The number of H-pyrrole nitrogens is 2. The SMILES string of the molecule is Cc1[nH]c2ccccc2c1-c1nc(N)[nH]c1Cl. The summed E-state index contributed by atoms with van der Waals surface area (Å²) in [6, 6.07) is 8.04. The molecule has 4 N–H and O–H groups in total. The average Bonchev–Trinajstić information content (AvgIpc) is 2.77. The molecule has 0 aliphatic heterocycles. The number of nitrogens with zero attached hydrogens (tertiary/aromatic N) is 1. The predicted molar refractivity (Wildman–Crippen MR) is 70.0 cm³/mol. The summed E-state index contributed by atoms with van der Waals surface area (Å²) in [5, 5.41) is 1.56. The zero-order valence-electron chi connectivity index (χ0n) is 9.21. The maximum absolute atomic E-state index is 6.10. The van der Waals surface area contributed by atoms with Crippen molar-refractivity contribution in [2.45, 2.75) is 6.92 Å². The third-order valence-electron chi connectivity index (χ3n) is 2.81. The van der Waals surface area contributed by atoms with Gasteiger partial charge >= 0.3 is 0 Å². The van der Waals surface area contributed by atoms with Crippen molar-refractivity contribution in [3.8, 4) is 11.3 Å². The summed E-state index contributed by atoms with van der Waals surface area (Å²) in [5.41, 5.74) is 9.41. The van der Waals surface area contributed by atoms with Gasteiger partial charge in [-0.25, -0.2) is 4.98 Å². The first-order valence-corrected chi connectivity index (χ1v) is 5.63. The molecule has 0 spiro atoms. The van der Waals surface area contributed by atoms with Crippen molar-refractivity contribution in [3.63, 3.8) is 0 Å². The third kappa shape index (κ3) is 1.49. The van der Waals surface area contributed by atoms with Gasteiger partial charge in [-0.15, -0.1) is 0 Å². The number of rotatable bonds is 1. The number of hydrogen-bond donors (Lipinski definition) is 3. The number of hydrogen-bond acceptors (Lipinski definition) is 2. The molecule has 0 radical (unpaired) electrons. The Kier molecular flexibility index (Phi) is 2.12. The monoisotopic (exact) mass is 246 g/mol. The first-order chi connectivity index (χ1) is 8.16. The Morgan fingerprint density at radius 2 is 2.00 bits per heavy atom. The van der Waals surface area contributed by atoms with Gasteiger partial charge in [0.1, 0.15) is 10.8 Å². The summed E-state index contributed by atoms with van der Waals surface area (Å²) in [7, 11) is 0. The van der Waals surface area contributed by atoms with Crippen LogP contribution in [0.2, 0.25) is 5.15 Å². The first kappa shape index (κ1) is 10.2. The molecular formula is C12H11ClN4. The van der Waals surface area contributed by atoms with Crippen LogP contribution in [0.25, 0.3) is 22.2 Å². The van der Waals surface area contributed by atoms with Crippen molar-refractivity contribution in [3.05, 3.63) is 35.1 Å². The molecule has 0 unspecified atom stereocenters. The lowest BCUT2D eigenvalue weighted by atomic mass is 10.1. The number of imidazole rings is 1. The van der Waals surface area contributed by atoms with Gasteiger partial charge in [-0.2, -0.15) is 0 Å². The zero-order chi connectivity index (χ0) is 12.0. The number of nitrogens with two attached hydrogens (primary N) is 1. The highest BCUT2D eigenvalue weighted by atomic mass is 35.5. The van der Waals surface area contributed by atoms with Crippen LogP contribution in [0.3, 0.4) is 0 Å². The Morgan fingerprint density at radius 1 is 1.24 bits per heavy atom. The van der Waals surface area contributed by atoms with E-state index in [0.717, 1.165) is 22.2 Å². The lowest BCUT2D eigenvalue weighted by Gasteiger charge is -1.97. The Hall–Kier alpha value is -1.94. The van der Waals surface area contributed by atoms with Crippen molar-refractivity contribution < 1.29 is 0 Å². The highest BCUT2D eigenvalue weighted by molar-refractivity contribution is 6.32. The number of benzene rings is 1. The van der Waals surface area contributed by atoms with Crippen molar-refractivity contribution in [1.82, 2.24) is 15.0 Å². The molecule has 17 heavy (non-hydrogen) atoms. The van der Waals surface area contributed by atoms with Crippen molar-refractivity contribution >= 4 is 28.5 Å². The number of halogens is 1. The molecule has 2 heterocycles. The minimum Gasteiger partial charge on any atom is -0.369 e. The molecule has 0 aliphatic rings. The molecule has 4 nitrogen and oxygen atoms in total. The fraction of sp³-hybridized carbons (Fsp3) is 0.0833. The molecular weight excluding hydrogens is 236 g/mol. The van der Waals surface area contributed by atoms with Crippen molar-refractivity contribution in [1.29, 1.82) is 0 Å². The summed E-state index contributed by atoms with van der Waals surface area (Å²) < 4.78 is 0. The Bertz CT molecular complexity index is 696. The highest BCUT2D eigenvalue weighted by Gasteiger charge is 2.16. The summed E-state index contributed by atoms with van der Waals surface area (Å²) in [6.45, 7) is 2.00. The van der Waals surface area contributed by atoms with E-state index in [0.29, 0.717) is 16.8 Å². The van der Waals surface area contributed by atoms with Crippen LogP contribution in [-0.4, -0.2) is 15.0 Å². The molecule has 0 saturated heterocycles. The first-order valence-electron chi connectivity index (χ1n) is 5.25. The van der Waals surface area contributed by atoms with Gasteiger partial charge in [0, 0.05) is 22.2 Å². The van der Waals surface area contributed by atoms with Gasteiger partial charge in [0.25, 0.3) is 0 Å². The number of aryl methyl sites for hydroxylation is 1. The number of nitrogens with one attached hydrogen (secondary N) is 2. The van der Waals surface area contributed by atoms with E-state index >= 15 is 0 Å². The van der Waals surface area contributed by atoms with E-state index in [-0.39, 0.29) is 0 Å². The van der Waals surface area contributed by atoms with Gasteiger partial charge in [-0.05, 0) is 13.0 Å². The molecule has 3 rings (SSSR count). The molecule has 0 amide bonds. The standard InChI is InChI=1S/C12H11ClN4/c1-6-9(10-11(13)17-12(14)16-10)7-4-2-3-5-8(7)15-6/h2-5,15H,1H3,(H3,14,16,17). The van der Waals surface area contributed by atoms with Crippen LogP contribution in [-0.2, 0) is 0 Å². The average molecular weight is 247 g/mol.